The van der Waals surface area contributed by atoms with E-state index in [1.807, 2.05) is 24.3 Å². The van der Waals surface area contributed by atoms with Crippen LogP contribution in [0.25, 0.3) is 10.9 Å². The molecule has 0 saturated heterocycles. The van der Waals surface area contributed by atoms with Gasteiger partial charge in [-0.3, -0.25) is 9.59 Å². The van der Waals surface area contributed by atoms with Crippen LogP contribution in [0.2, 0.25) is 0 Å². The van der Waals surface area contributed by atoms with Crippen LogP contribution in [-0.2, 0) is 27.2 Å². The van der Waals surface area contributed by atoms with Crippen LogP contribution in [-0.4, -0.2) is 74.0 Å². The Kier molecular flexibility index (Phi) is 9.28. The topological polar surface area (TPSA) is 195 Å². The standard InChI is InChI=1S/C25H28N4O7S/c26-17(9-13-5-7-14(8-6-13)24(33)34)21(37)23(32)28-19(22(31)29-20(12-30)25(35)36)10-15-11-27-18-4-2-1-3-16(15)18/h1-8,11,17,19-21,27,30,37H,9-10,12,26H2,(H,28,32)(H,29,31)(H,33,34)(H,35,36)/t17-,19-,20-,21-/m0/s1. The molecule has 12 heteroatoms. The van der Waals surface area contributed by atoms with Crippen molar-refractivity contribution in [1.29, 1.82) is 0 Å². The molecule has 0 unspecified atom stereocenters. The largest absolute Gasteiger partial charge is 0.480 e. The number of nitrogens with one attached hydrogen (secondary N) is 3. The number of para-hydroxylation sites is 1. The van der Waals surface area contributed by atoms with Gasteiger partial charge in [0.2, 0.25) is 11.8 Å². The Bertz CT molecular complexity index is 1280. The fraction of sp³-hybridized carbons (Fsp3) is 0.280. The number of hydrogen-bond donors (Lipinski definition) is 8. The summed E-state index contributed by atoms with van der Waals surface area (Å²) in [5, 5.41) is 32.2. The number of H-pyrrole nitrogens is 1. The molecule has 1 heterocycles. The lowest BCUT2D eigenvalue weighted by molar-refractivity contribution is -0.143. The van der Waals surface area contributed by atoms with Crippen molar-refractivity contribution in [1.82, 2.24) is 15.6 Å². The molecule has 2 amide bonds. The number of carbonyl (C=O) groups excluding carboxylic acids is 2. The molecule has 0 fully saturated rings. The van der Waals surface area contributed by atoms with E-state index < -0.39 is 53.7 Å². The second kappa shape index (κ2) is 12.4. The number of aromatic carboxylic acids is 1. The highest BCUT2D eigenvalue weighted by Gasteiger charge is 2.30. The number of amides is 2. The lowest BCUT2D eigenvalue weighted by atomic mass is 10.0. The molecule has 0 aliphatic rings. The third kappa shape index (κ3) is 7.09. The number of thiol groups is 1. The first-order valence-corrected chi connectivity index (χ1v) is 11.9. The quantitative estimate of drug-likeness (QED) is 0.154. The van der Waals surface area contributed by atoms with Crippen molar-refractivity contribution in [2.75, 3.05) is 6.61 Å². The normalized spacial score (nSPS) is 14.4. The molecule has 37 heavy (non-hydrogen) atoms. The molecule has 0 spiro atoms. The van der Waals surface area contributed by atoms with Crippen molar-refractivity contribution in [3.8, 4) is 0 Å². The number of hydrogen-bond acceptors (Lipinski definition) is 7. The van der Waals surface area contributed by atoms with Crippen LogP contribution in [0.1, 0.15) is 21.5 Å². The third-order valence-electron chi connectivity index (χ3n) is 5.88. The molecule has 2 aromatic carbocycles. The maximum Gasteiger partial charge on any atom is 0.335 e. The van der Waals surface area contributed by atoms with Crippen molar-refractivity contribution in [2.24, 2.45) is 5.73 Å². The van der Waals surface area contributed by atoms with E-state index in [1.165, 1.54) is 12.1 Å². The second-order valence-corrected chi connectivity index (χ2v) is 9.08. The van der Waals surface area contributed by atoms with Gasteiger partial charge in [0, 0.05) is 29.6 Å². The molecule has 0 saturated carbocycles. The van der Waals surface area contributed by atoms with Gasteiger partial charge in [0.1, 0.15) is 12.1 Å². The van der Waals surface area contributed by atoms with Crippen molar-refractivity contribution in [3.05, 3.63) is 71.4 Å². The van der Waals surface area contributed by atoms with Crippen LogP contribution in [0, 0.1) is 0 Å². The summed E-state index contributed by atoms with van der Waals surface area (Å²) < 4.78 is 0. The van der Waals surface area contributed by atoms with Gasteiger partial charge in [-0.15, -0.1) is 0 Å². The summed E-state index contributed by atoms with van der Waals surface area (Å²) in [6.07, 6.45) is 1.95. The zero-order valence-corrected chi connectivity index (χ0v) is 20.5. The van der Waals surface area contributed by atoms with Crippen LogP contribution >= 0.6 is 12.6 Å². The molecule has 0 bridgehead atoms. The van der Waals surface area contributed by atoms with E-state index >= 15 is 0 Å². The van der Waals surface area contributed by atoms with Crippen LogP contribution < -0.4 is 16.4 Å². The number of carboxylic acids is 2. The summed E-state index contributed by atoms with van der Waals surface area (Å²) >= 11 is 4.34. The predicted octanol–water partition coefficient (Wildman–Crippen LogP) is 0.323. The molecular weight excluding hydrogens is 500 g/mol. The Morgan fingerprint density at radius 3 is 2.19 bits per heavy atom. The Balaban J connectivity index is 1.75. The van der Waals surface area contributed by atoms with E-state index in [-0.39, 0.29) is 18.4 Å². The molecule has 1 aromatic heterocycles. The number of aromatic nitrogens is 1. The summed E-state index contributed by atoms with van der Waals surface area (Å²) in [7, 11) is 0. The Morgan fingerprint density at radius 1 is 0.919 bits per heavy atom. The van der Waals surface area contributed by atoms with E-state index in [0.717, 1.165) is 10.9 Å². The number of carboxylic acid groups (broad SMARTS) is 2. The highest BCUT2D eigenvalue weighted by atomic mass is 32.1. The molecule has 11 nitrogen and oxygen atoms in total. The molecule has 0 aliphatic heterocycles. The number of aromatic amines is 1. The molecule has 196 valence electrons. The Labute approximate surface area is 217 Å². The van der Waals surface area contributed by atoms with E-state index in [1.54, 1.807) is 18.3 Å². The highest BCUT2D eigenvalue weighted by Crippen LogP contribution is 2.20. The maximum atomic E-state index is 13.0. The van der Waals surface area contributed by atoms with Gasteiger partial charge in [0.15, 0.2) is 0 Å². The number of carbonyl (C=O) groups is 4. The van der Waals surface area contributed by atoms with Crippen LogP contribution in [0.3, 0.4) is 0 Å². The summed E-state index contributed by atoms with van der Waals surface area (Å²) in [5.74, 6) is -3.92. The minimum atomic E-state index is -1.54. The second-order valence-electron chi connectivity index (χ2n) is 8.52. The number of benzene rings is 2. The van der Waals surface area contributed by atoms with Gasteiger partial charge < -0.3 is 36.7 Å². The fourth-order valence-corrected chi connectivity index (χ4v) is 3.99. The molecule has 4 atom stereocenters. The van der Waals surface area contributed by atoms with E-state index in [4.69, 9.17) is 10.8 Å². The number of rotatable bonds is 12. The van der Waals surface area contributed by atoms with Gasteiger partial charge in [-0.25, -0.2) is 9.59 Å². The zero-order valence-electron chi connectivity index (χ0n) is 19.6. The van der Waals surface area contributed by atoms with Gasteiger partial charge in [-0.2, -0.15) is 12.6 Å². The molecule has 3 rings (SSSR count). The van der Waals surface area contributed by atoms with E-state index in [9.17, 15) is 29.4 Å². The third-order valence-corrected chi connectivity index (χ3v) is 6.49. The number of aliphatic hydroxyl groups excluding tert-OH is 1. The minimum absolute atomic E-state index is 0.0335. The zero-order chi connectivity index (χ0) is 27.1. The molecule has 8 N–H and O–H groups in total. The molecule has 0 aliphatic carbocycles. The summed E-state index contributed by atoms with van der Waals surface area (Å²) in [5.41, 5.74) is 8.54. The van der Waals surface area contributed by atoms with Crippen LogP contribution in [0.4, 0.5) is 0 Å². The summed E-state index contributed by atoms with van der Waals surface area (Å²) in [4.78, 5) is 51.4. The van der Waals surface area contributed by atoms with E-state index in [0.29, 0.717) is 11.1 Å². The summed E-state index contributed by atoms with van der Waals surface area (Å²) in [6, 6.07) is 9.91. The lowest BCUT2D eigenvalue weighted by Crippen LogP contribution is -2.56. The fourth-order valence-electron chi connectivity index (χ4n) is 3.81. The van der Waals surface area contributed by atoms with Gasteiger partial charge in [0.25, 0.3) is 0 Å². The molecular formula is C25H28N4O7S. The monoisotopic (exact) mass is 528 g/mol. The lowest BCUT2D eigenvalue weighted by Gasteiger charge is -2.24. The van der Waals surface area contributed by atoms with Crippen LogP contribution in [0.15, 0.2) is 54.7 Å². The van der Waals surface area contributed by atoms with Gasteiger partial charge >= 0.3 is 11.9 Å². The average molecular weight is 529 g/mol. The van der Waals surface area contributed by atoms with Gasteiger partial charge in [0.05, 0.1) is 17.4 Å². The first-order chi connectivity index (χ1) is 17.6. The smallest absolute Gasteiger partial charge is 0.335 e. The van der Waals surface area contributed by atoms with Crippen molar-refractivity contribution in [2.45, 2.75) is 36.2 Å². The predicted molar refractivity (Wildman–Crippen MR) is 138 cm³/mol. The number of aliphatic carboxylic acids is 1. The van der Waals surface area contributed by atoms with Crippen molar-refractivity contribution in [3.63, 3.8) is 0 Å². The number of fused-ring (bicyclic) bond motifs is 1. The van der Waals surface area contributed by atoms with E-state index in [2.05, 4.69) is 28.2 Å². The van der Waals surface area contributed by atoms with Crippen LogP contribution in [0.5, 0.6) is 0 Å². The molecule has 3 aromatic rings. The number of aliphatic hydroxyl groups is 1. The van der Waals surface area contributed by atoms with Crippen molar-refractivity contribution < 1.29 is 34.5 Å². The minimum Gasteiger partial charge on any atom is -0.480 e. The first-order valence-electron chi connectivity index (χ1n) is 11.4. The van der Waals surface area contributed by atoms with Gasteiger partial charge in [-0.05, 0) is 35.7 Å². The maximum absolute atomic E-state index is 13.0. The molecule has 0 radical (unpaired) electrons. The first kappa shape index (κ1) is 27.7. The summed E-state index contributed by atoms with van der Waals surface area (Å²) in [6.45, 7) is -0.824. The SMILES string of the molecule is N[C@@H](Cc1ccc(C(=O)O)cc1)[C@H](S)C(=O)N[C@@H](Cc1c[nH]c2ccccc12)C(=O)N[C@@H](CO)C(=O)O. The van der Waals surface area contributed by atoms with Crippen molar-refractivity contribution >= 4 is 47.3 Å². The Hall–Kier alpha value is -3.87. The average Bonchev–Trinajstić information content (AvgIpc) is 3.29. The Morgan fingerprint density at radius 2 is 1.57 bits per heavy atom. The van der Waals surface area contributed by atoms with Gasteiger partial charge in [-0.1, -0.05) is 30.3 Å². The highest BCUT2D eigenvalue weighted by molar-refractivity contribution is 7.81. The number of nitrogens with two attached hydrogens (primary N) is 1.